The lowest BCUT2D eigenvalue weighted by atomic mass is 10.1. The van der Waals surface area contributed by atoms with Crippen molar-refractivity contribution in [3.05, 3.63) is 35.9 Å². The number of urea groups is 1. The first kappa shape index (κ1) is 13.9. The number of aliphatic hydroxyl groups is 1. The van der Waals surface area contributed by atoms with Gasteiger partial charge in [-0.25, -0.2) is 4.79 Å². The zero-order chi connectivity index (χ0) is 13.5. The van der Waals surface area contributed by atoms with Gasteiger partial charge in [-0.05, 0) is 24.8 Å². The quantitative estimate of drug-likeness (QED) is 0.758. The second kappa shape index (κ2) is 7.14. The number of carbonyl (C=O) groups is 1. The van der Waals surface area contributed by atoms with E-state index in [2.05, 4.69) is 10.6 Å². The van der Waals surface area contributed by atoms with Crippen LogP contribution in [0.4, 0.5) is 4.79 Å². The Labute approximate surface area is 114 Å². The van der Waals surface area contributed by atoms with Gasteiger partial charge in [0.25, 0.3) is 0 Å². The Balaban J connectivity index is 1.79. The van der Waals surface area contributed by atoms with Gasteiger partial charge in [0.1, 0.15) is 0 Å². The Kier molecular flexibility index (Phi) is 5.21. The smallest absolute Gasteiger partial charge is 0.315 e. The first-order valence-corrected chi connectivity index (χ1v) is 6.99. The molecule has 1 aromatic rings. The number of amides is 2. The molecule has 0 saturated heterocycles. The summed E-state index contributed by atoms with van der Waals surface area (Å²) in [7, 11) is 0. The molecule has 0 aliphatic heterocycles. The van der Waals surface area contributed by atoms with Gasteiger partial charge in [0, 0.05) is 6.04 Å². The van der Waals surface area contributed by atoms with E-state index >= 15 is 0 Å². The first-order chi connectivity index (χ1) is 9.28. The van der Waals surface area contributed by atoms with Crippen molar-refractivity contribution in [2.24, 2.45) is 0 Å². The molecule has 2 rings (SSSR count). The van der Waals surface area contributed by atoms with E-state index < -0.39 is 0 Å². The lowest BCUT2D eigenvalue weighted by molar-refractivity contribution is 0.213. The van der Waals surface area contributed by atoms with Crippen LogP contribution in [0, 0.1) is 0 Å². The molecule has 2 amide bonds. The van der Waals surface area contributed by atoms with Crippen molar-refractivity contribution in [1.29, 1.82) is 0 Å². The monoisotopic (exact) mass is 262 g/mol. The van der Waals surface area contributed by atoms with Crippen LogP contribution in [0.25, 0.3) is 0 Å². The molecule has 3 N–H and O–H groups in total. The molecule has 4 nitrogen and oxygen atoms in total. The molecule has 1 aliphatic rings. The summed E-state index contributed by atoms with van der Waals surface area (Å²) in [4.78, 5) is 11.8. The van der Waals surface area contributed by atoms with Gasteiger partial charge < -0.3 is 15.7 Å². The van der Waals surface area contributed by atoms with E-state index in [-0.39, 0.29) is 18.7 Å². The third-order valence-electron chi connectivity index (χ3n) is 3.57. The van der Waals surface area contributed by atoms with Crippen molar-refractivity contribution < 1.29 is 9.90 Å². The molecule has 1 fully saturated rings. The van der Waals surface area contributed by atoms with Crippen LogP contribution in [-0.4, -0.2) is 29.8 Å². The molecule has 0 radical (unpaired) electrons. The number of aliphatic hydroxyl groups excluding tert-OH is 1. The molecule has 1 saturated carbocycles. The van der Waals surface area contributed by atoms with E-state index in [1.165, 1.54) is 12.8 Å². The van der Waals surface area contributed by atoms with Crippen molar-refractivity contribution >= 4 is 6.03 Å². The SMILES string of the molecule is O=C(NC1CCCC1)NC(CO)Cc1ccccc1. The lowest BCUT2D eigenvalue weighted by Crippen LogP contribution is -2.47. The minimum Gasteiger partial charge on any atom is -0.394 e. The van der Waals surface area contributed by atoms with E-state index in [0.717, 1.165) is 18.4 Å². The molecular formula is C15H22N2O2. The van der Waals surface area contributed by atoms with Crippen molar-refractivity contribution in [3.8, 4) is 0 Å². The van der Waals surface area contributed by atoms with Gasteiger partial charge >= 0.3 is 6.03 Å². The fourth-order valence-corrected chi connectivity index (χ4v) is 2.54. The summed E-state index contributed by atoms with van der Waals surface area (Å²) < 4.78 is 0. The summed E-state index contributed by atoms with van der Waals surface area (Å²) in [5.74, 6) is 0. The second-order valence-corrected chi connectivity index (χ2v) is 5.17. The Bertz CT molecular complexity index is 388. The van der Waals surface area contributed by atoms with E-state index in [0.29, 0.717) is 12.5 Å². The molecule has 0 spiro atoms. The average Bonchev–Trinajstić information content (AvgIpc) is 2.92. The van der Waals surface area contributed by atoms with Crippen molar-refractivity contribution in [2.45, 2.75) is 44.2 Å². The van der Waals surface area contributed by atoms with Crippen LogP contribution in [0.3, 0.4) is 0 Å². The summed E-state index contributed by atoms with van der Waals surface area (Å²) in [6.45, 7) is -0.0486. The van der Waals surface area contributed by atoms with Crippen molar-refractivity contribution in [3.63, 3.8) is 0 Å². The third kappa shape index (κ3) is 4.56. The number of benzene rings is 1. The Hall–Kier alpha value is -1.55. The fraction of sp³-hybridized carbons (Fsp3) is 0.533. The maximum Gasteiger partial charge on any atom is 0.315 e. The Morgan fingerprint density at radius 3 is 2.58 bits per heavy atom. The second-order valence-electron chi connectivity index (χ2n) is 5.17. The molecule has 4 heteroatoms. The normalized spacial score (nSPS) is 17.1. The standard InChI is InChI=1S/C15H22N2O2/c18-11-14(10-12-6-2-1-3-7-12)17-15(19)16-13-8-4-5-9-13/h1-3,6-7,13-14,18H,4-5,8-11H2,(H2,16,17,19). The number of carbonyl (C=O) groups excluding carboxylic acids is 1. The number of hydrogen-bond donors (Lipinski definition) is 3. The van der Waals surface area contributed by atoms with Gasteiger partial charge in [-0.2, -0.15) is 0 Å². The number of hydrogen-bond acceptors (Lipinski definition) is 2. The molecule has 1 aromatic carbocycles. The first-order valence-electron chi connectivity index (χ1n) is 6.99. The third-order valence-corrected chi connectivity index (χ3v) is 3.57. The molecule has 0 aromatic heterocycles. The van der Waals surface area contributed by atoms with Crippen LogP contribution in [0.5, 0.6) is 0 Å². The van der Waals surface area contributed by atoms with Crippen LogP contribution in [0.2, 0.25) is 0 Å². The van der Waals surface area contributed by atoms with E-state index in [1.807, 2.05) is 30.3 Å². The minimum absolute atomic E-state index is 0.0486. The molecule has 1 atom stereocenters. The lowest BCUT2D eigenvalue weighted by Gasteiger charge is -2.19. The summed E-state index contributed by atoms with van der Waals surface area (Å²) in [5.41, 5.74) is 1.11. The highest BCUT2D eigenvalue weighted by atomic mass is 16.3. The molecule has 0 bridgehead atoms. The largest absolute Gasteiger partial charge is 0.394 e. The topological polar surface area (TPSA) is 61.4 Å². The van der Waals surface area contributed by atoms with Gasteiger partial charge in [-0.3, -0.25) is 0 Å². The maximum absolute atomic E-state index is 11.8. The Morgan fingerprint density at radius 1 is 1.26 bits per heavy atom. The van der Waals surface area contributed by atoms with Gasteiger partial charge in [0.15, 0.2) is 0 Å². The highest BCUT2D eigenvalue weighted by Gasteiger charge is 2.18. The number of nitrogens with one attached hydrogen (secondary N) is 2. The zero-order valence-electron chi connectivity index (χ0n) is 11.1. The van der Waals surface area contributed by atoms with Crippen LogP contribution < -0.4 is 10.6 Å². The predicted octanol–water partition coefficient (Wildman–Crippen LogP) is 1.83. The summed E-state index contributed by atoms with van der Waals surface area (Å²) in [6, 6.07) is 9.78. The van der Waals surface area contributed by atoms with Crippen molar-refractivity contribution in [1.82, 2.24) is 10.6 Å². The van der Waals surface area contributed by atoms with E-state index in [9.17, 15) is 9.90 Å². The van der Waals surface area contributed by atoms with Crippen LogP contribution >= 0.6 is 0 Å². The van der Waals surface area contributed by atoms with E-state index in [4.69, 9.17) is 0 Å². The molecule has 0 heterocycles. The highest BCUT2D eigenvalue weighted by molar-refractivity contribution is 5.74. The van der Waals surface area contributed by atoms with Crippen molar-refractivity contribution in [2.75, 3.05) is 6.61 Å². The molecular weight excluding hydrogens is 240 g/mol. The predicted molar refractivity (Wildman–Crippen MR) is 74.9 cm³/mol. The summed E-state index contributed by atoms with van der Waals surface area (Å²) in [5, 5.41) is 15.2. The molecule has 19 heavy (non-hydrogen) atoms. The highest BCUT2D eigenvalue weighted by Crippen LogP contribution is 2.17. The van der Waals surface area contributed by atoms with Crippen LogP contribution in [0.1, 0.15) is 31.2 Å². The Morgan fingerprint density at radius 2 is 1.95 bits per heavy atom. The summed E-state index contributed by atoms with van der Waals surface area (Å²) >= 11 is 0. The molecule has 1 unspecified atom stereocenters. The molecule has 104 valence electrons. The van der Waals surface area contributed by atoms with E-state index in [1.54, 1.807) is 0 Å². The molecule has 1 aliphatic carbocycles. The van der Waals surface area contributed by atoms with Crippen LogP contribution in [0.15, 0.2) is 30.3 Å². The average molecular weight is 262 g/mol. The van der Waals surface area contributed by atoms with Gasteiger partial charge in [0.05, 0.1) is 12.6 Å². The van der Waals surface area contributed by atoms with Gasteiger partial charge in [-0.1, -0.05) is 43.2 Å². The zero-order valence-corrected chi connectivity index (χ0v) is 11.1. The summed E-state index contributed by atoms with van der Waals surface area (Å²) in [6.07, 6.45) is 5.16. The van der Waals surface area contributed by atoms with Gasteiger partial charge in [0.2, 0.25) is 0 Å². The van der Waals surface area contributed by atoms with Crippen LogP contribution in [-0.2, 0) is 6.42 Å². The fourth-order valence-electron chi connectivity index (χ4n) is 2.54. The van der Waals surface area contributed by atoms with Gasteiger partial charge in [-0.15, -0.1) is 0 Å². The number of rotatable bonds is 5. The minimum atomic E-state index is -0.233. The maximum atomic E-state index is 11.8.